The third-order valence-electron chi connectivity index (χ3n) is 5.06. The Morgan fingerprint density at radius 1 is 1.03 bits per heavy atom. The van der Waals surface area contributed by atoms with E-state index in [2.05, 4.69) is 34.5 Å². The molecule has 0 bridgehead atoms. The van der Waals surface area contributed by atoms with Gasteiger partial charge >= 0.3 is 0 Å². The van der Waals surface area contributed by atoms with E-state index in [1.54, 1.807) is 0 Å². The Bertz CT molecular complexity index is 751. The molecular weight excluding hydrogens is 382 g/mol. The molecular formula is C23H31N3O2S. The number of amides is 1. The standard InChI is InChI=1S/C23H31N3O2S/c27-14-11-25(10-9-20-5-2-1-3-6-20)19-23(28)24-22-8-4-7-21(17-22)18-26-12-15-29-16-13-26/h1-8,17,27H,9-16,18-19H2,(H,24,28). The second kappa shape index (κ2) is 12.0. The van der Waals surface area contributed by atoms with E-state index >= 15 is 0 Å². The Hall–Kier alpha value is -1.86. The number of hydrogen-bond donors (Lipinski definition) is 2. The average molecular weight is 414 g/mol. The molecule has 2 N–H and O–H groups in total. The first-order chi connectivity index (χ1) is 14.2. The van der Waals surface area contributed by atoms with Gasteiger partial charge in [0.1, 0.15) is 0 Å². The number of nitrogens with one attached hydrogen (secondary N) is 1. The van der Waals surface area contributed by atoms with Gasteiger partial charge in [-0.15, -0.1) is 0 Å². The summed E-state index contributed by atoms with van der Waals surface area (Å²) in [6, 6.07) is 18.4. The van der Waals surface area contributed by atoms with Gasteiger partial charge < -0.3 is 10.4 Å². The van der Waals surface area contributed by atoms with Crippen LogP contribution in [0.1, 0.15) is 11.1 Å². The van der Waals surface area contributed by atoms with Crippen molar-refractivity contribution in [2.45, 2.75) is 13.0 Å². The van der Waals surface area contributed by atoms with Crippen LogP contribution in [0.25, 0.3) is 0 Å². The summed E-state index contributed by atoms with van der Waals surface area (Å²) < 4.78 is 0. The zero-order valence-electron chi connectivity index (χ0n) is 16.9. The van der Waals surface area contributed by atoms with Crippen molar-refractivity contribution in [3.63, 3.8) is 0 Å². The first kappa shape index (κ1) is 21.8. The van der Waals surface area contributed by atoms with Crippen LogP contribution < -0.4 is 5.32 Å². The summed E-state index contributed by atoms with van der Waals surface area (Å²) in [7, 11) is 0. The Morgan fingerprint density at radius 3 is 2.55 bits per heavy atom. The van der Waals surface area contributed by atoms with Gasteiger partial charge in [0.2, 0.25) is 5.91 Å². The fourth-order valence-corrected chi connectivity index (χ4v) is 4.49. The number of aliphatic hydroxyl groups excluding tert-OH is 1. The van der Waals surface area contributed by atoms with E-state index in [1.807, 2.05) is 47.0 Å². The van der Waals surface area contributed by atoms with E-state index in [1.165, 1.54) is 22.6 Å². The molecule has 156 valence electrons. The molecule has 2 aromatic rings. The van der Waals surface area contributed by atoms with Crippen molar-refractivity contribution in [3.05, 3.63) is 65.7 Å². The van der Waals surface area contributed by atoms with Crippen LogP contribution in [-0.2, 0) is 17.8 Å². The van der Waals surface area contributed by atoms with Crippen molar-refractivity contribution in [3.8, 4) is 0 Å². The molecule has 0 saturated carbocycles. The number of carbonyl (C=O) groups is 1. The molecule has 1 aliphatic rings. The molecule has 29 heavy (non-hydrogen) atoms. The molecule has 2 aromatic carbocycles. The average Bonchev–Trinajstić information content (AvgIpc) is 2.74. The summed E-state index contributed by atoms with van der Waals surface area (Å²) in [6.45, 7) is 4.74. The van der Waals surface area contributed by atoms with Gasteiger partial charge in [0.05, 0.1) is 13.2 Å². The SMILES string of the molecule is O=C(CN(CCO)CCc1ccccc1)Nc1cccc(CN2CCSCC2)c1. The molecule has 6 heteroatoms. The van der Waals surface area contributed by atoms with Crippen LogP contribution in [0.4, 0.5) is 5.69 Å². The first-order valence-corrected chi connectivity index (χ1v) is 11.4. The second-order valence-electron chi connectivity index (χ2n) is 7.37. The van der Waals surface area contributed by atoms with Crippen molar-refractivity contribution in [2.75, 3.05) is 56.2 Å². The van der Waals surface area contributed by atoms with Crippen LogP contribution >= 0.6 is 11.8 Å². The number of carbonyl (C=O) groups excluding carboxylic acids is 1. The van der Waals surface area contributed by atoms with Gasteiger partial charge in [-0.25, -0.2) is 0 Å². The molecule has 1 aliphatic heterocycles. The molecule has 5 nitrogen and oxygen atoms in total. The number of hydrogen-bond acceptors (Lipinski definition) is 5. The van der Waals surface area contributed by atoms with Crippen LogP contribution in [0.2, 0.25) is 0 Å². The van der Waals surface area contributed by atoms with Gasteiger partial charge in [-0.2, -0.15) is 11.8 Å². The van der Waals surface area contributed by atoms with E-state index < -0.39 is 0 Å². The lowest BCUT2D eigenvalue weighted by molar-refractivity contribution is -0.117. The lowest BCUT2D eigenvalue weighted by atomic mass is 10.1. The molecule has 0 unspecified atom stereocenters. The molecule has 1 heterocycles. The van der Waals surface area contributed by atoms with Crippen molar-refractivity contribution in [2.24, 2.45) is 0 Å². The zero-order chi connectivity index (χ0) is 20.3. The predicted octanol–water partition coefficient (Wildman–Crippen LogP) is 2.71. The van der Waals surface area contributed by atoms with Crippen LogP contribution in [0.5, 0.6) is 0 Å². The fraction of sp³-hybridized carbons (Fsp3) is 0.435. The molecule has 3 rings (SSSR count). The third kappa shape index (κ3) is 7.82. The lowest BCUT2D eigenvalue weighted by Crippen LogP contribution is -2.36. The predicted molar refractivity (Wildman–Crippen MR) is 121 cm³/mol. The highest BCUT2D eigenvalue weighted by molar-refractivity contribution is 7.99. The molecule has 0 spiro atoms. The highest BCUT2D eigenvalue weighted by Gasteiger charge is 2.13. The number of nitrogens with zero attached hydrogens (tertiary/aromatic N) is 2. The monoisotopic (exact) mass is 413 g/mol. The van der Waals surface area contributed by atoms with Gasteiger partial charge in [-0.1, -0.05) is 42.5 Å². The summed E-state index contributed by atoms with van der Waals surface area (Å²) in [6.07, 6.45) is 0.859. The minimum Gasteiger partial charge on any atom is -0.395 e. The molecule has 1 amide bonds. The van der Waals surface area contributed by atoms with E-state index in [0.717, 1.165) is 38.3 Å². The van der Waals surface area contributed by atoms with Crippen LogP contribution in [-0.4, -0.2) is 71.6 Å². The Morgan fingerprint density at radius 2 is 1.79 bits per heavy atom. The van der Waals surface area contributed by atoms with Gasteiger partial charge in [0.25, 0.3) is 0 Å². The van der Waals surface area contributed by atoms with Crippen LogP contribution in [0.3, 0.4) is 0 Å². The molecule has 0 atom stereocenters. The third-order valence-corrected chi connectivity index (χ3v) is 6.01. The zero-order valence-corrected chi connectivity index (χ0v) is 17.7. The summed E-state index contributed by atoms with van der Waals surface area (Å²) in [5.74, 6) is 2.35. The van der Waals surface area contributed by atoms with E-state index in [9.17, 15) is 9.90 Å². The van der Waals surface area contributed by atoms with E-state index in [0.29, 0.717) is 6.54 Å². The van der Waals surface area contributed by atoms with E-state index in [4.69, 9.17) is 0 Å². The first-order valence-electron chi connectivity index (χ1n) is 10.3. The molecule has 1 fully saturated rings. The molecule has 1 saturated heterocycles. The summed E-state index contributed by atoms with van der Waals surface area (Å²) >= 11 is 2.01. The maximum atomic E-state index is 12.6. The number of anilines is 1. The van der Waals surface area contributed by atoms with Gasteiger partial charge in [-0.3, -0.25) is 14.6 Å². The fourth-order valence-electron chi connectivity index (χ4n) is 3.51. The topological polar surface area (TPSA) is 55.8 Å². The van der Waals surface area contributed by atoms with Crippen molar-refractivity contribution < 1.29 is 9.90 Å². The van der Waals surface area contributed by atoms with Gasteiger partial charge in [-0.05, 0) is 29.7 Å². The maximum absolute atomic E-state index is 12.6. The lowest BCUT2D eigenvalue weighted by Gasteiger charge is -2.26. The minimum absolute atomic E-state index is 0.0435. The number of rotatable bonds is 10. The highest BCUT2D eigenvalue weighted by atomic mass is 32.2. The van der Waals surface area contributed by atoms with Gasteiger partial charge in [0, 0.05) is 49.9 Å². The van der Waals surface area contributed by atoms with Crippen LogP contribution in [0, 0.1) is 0 Å². The quantitative estimate of drug-likeness (QED) is 0.627. The van der Waals surface area contributed by atoms with Crippen molar-refractivity contribution in [1.82, 2.24) is 9.80 Å². The molecule has 0 radical (unpaired) electrons. The minimum atomic E-state index is -0.0435. The normalized spacial score (nSPS) is 14.8. The Kier molecular flexibility index (Phi) is 9.02. The Balaban J connectivity index is 1.50. The molecule has 0 aliphatic carbocycles. The second-order valence-corrected chi connectivity index (χ2v) is 8.60. The van der Waals surface area contributed by atoms with E-state index in [-0.39, 0.29) is 19.1 Å². The number of aliphatic hydroxyl groups is 1. The van der Waals surface area contributed by atoms with Crippen LogP contribution in [0.15, 0.2) is 54.6 Å². The largest absolute Gasteiger partial charge is 0.395 e. The van der Waals surface area contributed by atoms with Gasteiger partial charge in [0.15, 0.2) is 0 Å². The Labute approximate surface area is 178 Å². The van der Waals surface area contributed by atoms with Crippen molar-refractivity contribution >= 4 is 23.4 Å². The molecule has 0 aromatic heterocycles. The summed E-state index contributed by atoms with van der Waals surface area (Å²) in [5.41, 5.74) is 3.30. The number of thioether (sulfide) groups is 1. The number of benzene rings is 2. The smallest absolute Gasteiger partial charge is 0.238 e. The summed E-state index contributed by atoms with van der Waals surface area (Å²) in [5, 5.41) is 12.4. The maximum Gasteiger partial charge on any atom is 0.238 e. The van der Waals surface area contributed by atoms with Crippen molar-refractivity contribution in [1.29, 1.82) is 0 Å². The highest BCUT2D eigenvalue weighted by Crippen LogP contribution is 2.16. The summed E-state index contributed by atoms with van der Waals surface area (Å²) in [4.78, 5) is 17.0.